The molecule has 1 spiro atoms. The number of esters is 1. The summed E-state index contributed by atoms with van der Waals surface area (Å²) in [5.41, 5.74) is 2.54. The molecule has 5 rings (SSSR count). The fourth-order valence-electron chi connectivity index (χ4n) is 7.94. The Labute approximate surface area is 274 Å². The third-order valence-electron chi connectivity index (χ3n) is 10.1. The van der Waals surface area contributed by atoms with Crippen molar-refractivity contribution in [3.8, 4) is 0 Å². The van der Waals surface area contributed by atoms with E-state index in [0.29, 0.717) is 42.7 Å². The Morgan fingerprint density at radius 3 is 2.67 bits per heavy atom. The highest BCUT2D eigenvalue weighted by Crippen LogP contribution is 2.47. The Kier molecular flexibility index (Phi) is 10.5. The van der Waals surface area contributed by atoms with Crippen molar-refractivity contribution in [1.29, 1.82) is 0 Å². The molecule has 3 fully saturated rings. The third-order valence-corrected chi connectivity index (χ3v) is 10.1. The molecule has 254 valence electrons. The number of fused-ring (bicyclic) bond motifs is 2. The number of carbonyl (C=O) groups excluding carboxylic acids is 1. The van der Waals surface area contributed by atoms with Gasteiger partial charge in [-0.2, -0.15) is 0 Å². The topological polar surface area (TPSA) is 116 Å². The highest BCUT2D eigenvalue weighted by molar-refractivity contribution is 5.88. The molecule has 2 N–H and O–H groups in total. The largest absolute Gasteiger partial charge is 0.462 e. The molecule has 9 heteroatoms. The predicted octanol–water partition coefficient (Wildman–Crippen LogP) is 5.73. The number of carbonyl (C=O) groups is 1. The van der Waals surface area contributed by atoms with Gasteiger partial charge in [0.15, 0.2) is 5.79 Å². The zero-order valence-electron chi connectivity index (χ0n) is 28.7. The molecule has 0 saturated carbocycles. The van der Waals surface area contributed by atoms with Crippen LogP contribution in [-0.4, -0.2) is 77.5 Å². The fourth-order valence-corrected chi connectivity index (χ4v) is 7.94. The van der Waals surface area contributed by atoms with Gasteiger partial charge in [0.2, 0.25) is 0 Å². The van der Waals surface area contributed by atoms with Crippen LogP contribution in [0.1, 0.15) is 80.6 Å². The van der Waals surface area contributed by atoms with E-state index in [4.69, 9.17) is 23.8 Å². The minimum Gasteiger partial charge on any atom is -0.462 e. The standard InChI is InChI=1S/C37H53NO8/c1-21(2)14-25(6)33-26(7)31(38-42-8)19-36(46-33)18-29-17-28(45-36)13-12-23(4)15-22(3)10-9-11-27-20-43-34-32(39)24(5)16-30(35(40)44-29)37(27,34)41/h9-12,14,16,21-22,26,28-30,32-34,39,41H,13,15,17-20H2,1-8H3/b10-9+,23-12-,25-14+,27-11+,38-31+/t22-,26-,28+,29-,30-,32+,33+,34+,36-,37+/m0/s1. The summed E-state index contributed by atoms with van der Waals surface area (Å²) in [6, 6.07) is 0. The van der Waals surface area contributed by atoms with E-state index < -0.39 is 41.6 Å². The zero-order chi connectivity index (χ0) is 33.4. The van der Waals surface area contributed by atoms with Gasteiger partial charge in [-0.15, -0.1) is 0 Å². The van der Waals surface area contributed by atoms with E-state index >= 15 is 0 Å². The first kappa shape index (κ1) is 34.8. The average molecular weight is 640 g/mol. The van der Waals surface area contributed by atoms with Gasteiger partial charge in [-0.05, 0) is 62.2 Å². The summed E-state index contributed by atoms with van der Waals surface area (Å²) in [7, 11) is 1.55. The van der Waals surface area contributed by atoms with Gasteiger partial charge < -0.3 is 34.0 Å². The summed E-state index contributed by atoms with van der Waals surface area (Å²) in [6.45, 7) is 14.6. The summed E-state index contributed by atoms with van der Waals surface area (Å²) in [5, 5.41) is 27.6. The van der Waals surface area contributed by atoms with E-state index in [9.17, 15) is 15.0 Å². The molecule has 9 nitrogen and oxygen atoms in total. The molecule has 4 heterocycles. The molecule has 46 heavy (non-hydrogen) atoms. The van der Waals surface area contributed by atoms with Crippen LogP contribution in [0.4, 0.5) is 0 Å². The first-order valence-electron chi connectivity index (χ1n) is 16.8. The Balaban J connectivity index is 1.55. The normalized spacial score (nSPS) is 44.5. The molecule has 3 saturated heterocycles. The van der Waals surface area contributed by atoms with Crippen LogP contribution in [0.15, 0.2) is 63.9 Å². The SMILES string of the molecule is CO/N=C1\C[C@]2(C[C@@H]3C[C@@H](C/C=C(/C)C[C@@H](C)/C=C/C=C4\CO[C@@H]5[C@H](O)C(C)=C[C@@H](C(=O)O3)[C@]45O)O2)O[C@H](/C(C)=C/C(C)C)[C@H]1C. The summed E-state index contributed by atoms with van der Waals surface area (Å²) >= 11 is 0. The molecular formula is C37H53NO8. The summed E-state index contributed by atoms with van der Waals surface area (Å²) in [4.78, 5) is 19.4. The molecule has 5 aliphatic rings. The molecule has 0 aromatic heterocycles. The lowest BCUT2D eigenvalue weighted by Crippen LogP contribution is -2.59. The van der Waals surface area contributed by atoms with Gasteiger partial charge in [0.05, 0.1) is 24.5 Å². The van der Waals surface area contributed by atoms with Crippen LogP contribution in [-0.2, 0) is 28.6 Å². The van der Waals surface area contributed by atoms with Gasteiger partial charge >= 0.3 is 5.97 Å². The van der Waals surface area contributed by atoms with Crippen molar-refractivity contribution >= 4 is 11.7 Å². The van der Waals surface area contributed by atoms with Gasteiger partial charge in [-0.25, -0.2) is 0 Å². The van der Waals surface area contributed by atoms with Crippen molar-refractivity contribution in [3.63, 3.8) is 0 Å². The number of oxime groups is 1. The number of nitrogens with zero attached hydrogens (tertiary/aromatic N) is 1. The first-order chi connectivity index (χ1) is 21.8. The third kappa shape index (κ3) is 6.99. The Morgan fingerprint density at radius 1 is 1.20 bits per heavy atom. The predicted molar refractivity (Wildman–Crippen MR) is 176 cm³/mol. The van der Waals surface area contributed by atoms with E-state index in [0.717, 1.165) is 17.7 Å². The Bertz CT molecular complexity index is 1340. The van der Waals surface area contributed by atoms with Crippen molar-refractivity contribution in [2.24, 2.45) is 28.8 Å². The molecule has 0 aromatic rings. The minimum absolute atomic E-state index is 0.0340. The number of ether oxygens (including phenoxy) is 4. The molecule has 2 bridgehead atoms. The van der Waals surface area contributed by atoms with E-state index in [1.54, 1.807) is 20.1 Å². The van der Waals surface area contributed by atoms with E-state index in [1.807, 2.05) is 12.2 Å². The van der Waals surface area contributed by atoms with Crippen LogP contribution in [0, 0.1) is 23.7 Å². The van der Waals surface area contributed by atoms with Gasteiger partial charge in [0.25, 0.3) is 0 Å². The smallest absolute Gasteiger partial charge is 0.316 e. The minimum atomic E-state index is -1.74. The Morgan fingerprint density at radius 2 is 1.96 bits per heavy atom. The van der Waals surface area contributed by atoms with Crippen LogP contribution in [0.5, 0.6) is 0 Å². The highest BCUT2D eigenvalue weighted by atomic mass is 16.7. The van der Waals surface area contributed by atoms with Crippen LogP contribution in [0.3, 0.4) is 0 Å². The molecule has 10 atom stereocenters. The van der Waals surface area contributed by atoms with Gasteiger partial charge in [0, 0.05) is 25.2 Å². The van der Waals surface area contributed by atoms with Crippen LogP contribution in [0.2, 0.25) is 0 Å². The zero-order valence-corrected chi connectivity index (χ0v) is 28.7. The van der Waals surface area contributed by atoms with Crippen LogP contribution >= 0.6 is 0 Å². The maximum absolute atomic E-state index is 14.2. The first-order valence-corrected chi connectivity index (χ1v) is 16.8. The maximum atomic E-state index is 14.2. The second-order valence-electron chi connectivity index (χ2n) is 14.5. The van der Waals surface area contributed by atoms with Crippen molar-refractivity contribution in [2.45, 2.75) is 122 Å². The molecule has 0 unspecified atom stereocenters. The number of hydrogen-bond donors (Lipinski definition) is 2. The maximum Gasteiger partial charge on any atom is 0.316 e. The number of aliphatic hydroxyl groups excluding tert-OH is 1. The van der Waals surface area contributed by atoms with Gasteiger partial charge in [0.1, 0.15) is 36.9 Å². The van der Waals surface area contributed by atoms with Crippen molar-refractivity contribution < 1.29 is 38.8 Å². The second-order valence-corrected chi connectivity index (χ2v) is 14.5. The molecule has 0 radical (unpaired) electrons. The summed E-state index contributed by atoms with van der Waals surface area (Å²) < 4.78 is 26.0. The average Bonchev–Trinajstić information content (AvgIpc) is 3.31. The quantitative estimate of drug-likeness (QED) is 0.229. The van der Waals surface area contributed by atoms with Crippen molar-refractivity contribution in [3.05, 3.63) is 58.7 Å². The van der Waals surface area contributed by atoms with E-state index in [2.05, 4.69) is 64.9 Å². The lowest BCUT2D eigenvalue weighted by Gasteiger charge is -2.50. The number of allylic oxidation sites excluding steroid dienone is 5. The van der Waals surface area contributed by atoms with E-state index in [-0.39, 0.29) is 30.7 Å². The molecule has 1 aliphatic carbocycles. The van der Waals surface area contributed by atoms with Gasteiger partial charge in [-0.1, -0.05) is 74.9 Å². The number of hydrogen-bond acceptors (Lipinski definition) is 9. The van der Waals surface area contributed by atoms with Gasteiger partial charge in [-0.3, -0.25) is 4.79 Å². The molecular weight excluding hydrogens is 586 g/mol. The van der Waals surface area contributed by atoms with Crippen LogP contribution in [0.25, 0.3) is 0 Å². The van der Waals surface area contributed by atoms with Crippen molar-refractivity contribution in [1.82, 2.24) is 0 Å². The lowest BCUT2D eigenvalue weighted by atomic mass is 9.71. The molecule has 0 amide bonds. The van der Waals surface area contributed by atoms with Crippen LogP contribution < -0.4 is 0 Å². The summed E-state index contributed by atoms with van der Waals surface area (Å²) in [5.74, 6) is -2.15. The van der Waals surface area contributed by atoms with Crippen molar-refractivity contribution in [2.75, 3.05) is 13.7 Å². The highest BCUT2D eigenvalue weighted by Gasteiger charge is 2.60. The molecule has 0 aromatic carbocycles. The monoisotopic (exact) mass is 639 g/mol. The number of aliphatic hydroxyl groups is 2. The summed E-state index contributed by atoms with van der Waals surface area (Å²) in [6.07, 6.45) is 11.4. The lowest BCUT2D eigenvalue weighted by molar-refractivity contribution is -0.313. The second kappa shape index (κ2) is 13.9. The Hall–Kier alpha value is -2.56. The fraction of sp³-hybridized carbons (Fsp3) is 0.676. The number of rotatable bonds is 3. The molecule has 4 aliphatic heterocycles. The van der Waals surface area contributed by atoms with E-state index in [1.165, 1.54) is 5.57 Å².